The van der Waals surface area contributed by atoms with Gasteiger partial charge in [0.25, 0.3) is 0 Å². The van der Waals surface area contributed by atoms with Gasteiger partial charge < -0.3 is 5.73 Å². The lowest BCUT2D eigenvalue weighted by atomic mass is 10.2. The molecular weight excluding hydrogens is 204 g/mol. The fourth-order valence-corrected chi connectivity index (χ4v) is 2.68. The zero-order valence-corrected chi connectivity index (χ0v) is 9.75. The molecule has 0 amide bonds. The van der Waals surface area contributed by atoms with E-state index in [-0.39, 0.29) is 0 Å². The van der Waals surface area contributed by atoms with Crippen LogP contribution in [0.25, 0.3) is 0 Å². The van der Waals surface area contributed by atoms with Crippen LogP contribution in [0.4, 0.5) is 0 Å². The minimum absolute atomic E-state index is 0.749. The molecule has 1 aliphatic heterocycles. The zero-order valence-electron chi connectivity index (χ0n) is 8.93. The summed E-state index contributed by atoms with van der Waals surface area (Å²) < 4.78 is 0. The predicted molar refractivity (Wildman–Crippen MR) is 67.0 cm³/mol. The molecule has 1 heterocycles. The molecule has 3 heteroatoms. The molecule has 2 nitrogen and oxygen atoms in total. The normalized spacial score (nSPS) is 16.7. The Morgan fingerprint density at radius 1 is 1.27 bits per heavy atom. The van der Waals surface area contributed by atoms with Gasteiger partial charge in [-0.15, -0.1) is 0 Å². The molecule has 0 spiro atoms. The first-order valence-corrected chi connectivity index (χ1v) is 6.61. The van der Waals surface area contributed by atoms with Crippen LogP contribution in [0.1, 0.15) is 5.56 Å². The number of rotatable bonds is 5. The van der Waals surface area contributed by atoms with E-state index in [1.807, 2.05) is 11.8 Å². The zero-order chi connectivity index (χ0) is 10.5. The highest BCUT2D eigenvalue weighted by Gasteiger charge is 2.24. The molecule has 2 rings (SSSR count). The fraction of sp³-hybridized carbons (Fsp3) is 0.500. The Kier molecular flexibility index (Phi) is 4.06. The summed E-state index contributed by atoms with van der Waals surface area (Å²) in [7, 11) is 0. The molecule has 1 saturated heterocycles. The number of hydrogen-bond acceptors (Lipinski definition) is 3. The van der Waals surface area contributed by atoms with Gasteiger partial charge in [-0.3, -0.25) is 4.90 Å². The van der Waals surface area contributed by atoms with Crippen LogP contribution in [0.15, 0.2) is 30.3 Å². The van der Waals surface area contributed by atoms with E-state index in [9.17, 15) is 0 Å². The summed E-state index contributed by atoms with van der Waals surface area (Å²) in [5.41, 5.74) is 7.04. The summed E-state index contributed by atoms with van der Waals surface area (Å²) >= 11 is 2.03. The van der Waals surface area contributed by atoms with Crippen molar-refractivity contribution in [3.8, 4) is 0 Å². The first kappa shape index (κ1) is 11.0. The van der Waals surface area contributed by atoms with E-state index in [1.54, 1.807) is 0 Å². The van der Waals surface area contributed by atoms with Crippen LogP contribution in [0.3, 0.4) is 0 Å². The van der Waals surface area contributed by atoms with Crippen LogP contribution in [-0.4, -0.2) is 35.5 Å². The summed E-state index contributed by atoms with van der Waals surface area (Å²) in [4.78, 5) is 2.51. The standard InChI is InChI=1S/C12H18N2S/c13-6-7-14(12-9-15-10-12)8-11-4-2-1-3-5-11/h1-5,12H,6-10,13H2. The van der Waals surface area contributed by atoms with Gasteiger partial charge in [-0.25, -0.2) is 0 Å². The minimum atomic E-state index is 0.749. The van der Waals surface area contributed by atoms with Crippen LogP contribution in [0, 0.1) is 0 Å². The van der Waals surface area contributed by atoms with Gasteiger partial charge in [-0.1, -0.05) is 30.3 Å². The van der Waals surface area contributed by atoms with Gasteiger partial charge in [0.05, 0.1) is 0 Å². The van der Waals surface area contributed by atoms with E-state index in [1.165, 1.54) is 17.1 Å². The Morgan fingerprint density at radius 3 is 2.53 bits per heavy atom. The smallest absolute Gasteiger partial charge is 0.0281 e. The first-order valence-electron chi connectivity index (χ1n) is 5.46. The molecule has 0 radical (unpaired) electrons. The molecule has 0 unspecified atom stereocenters. The van der Waals surface area contributed by atoms with Crippen molar-refractivity contribution in [2.45, 2.75) is 12.6 Å². The molecule has 0 aromatic heterocycles. The average molecular weight is 222 g/mol. The fourth-order valence-electron chi connectivity index (χ4n) is 1.81. The Morgan fingerprint density at radius 2 is 2.00 bits per heavy atom. The molecular formula is C12H18N2S. The van der Waals surface area contributed by atoms with Crippen molar-refractivity contribution < 1.29 is 0 Å². The molecule has 0 bridgehead atoms. The Labute approximate surface area is 95.8 Å². The maximum Gasteiger partial charge on any atom is 0.0281 e. The van der Waals surface area contributed by atoms with Crippen molar-refractivity contribution >= 4 is 11.8 Å². The van der Waals surface area contributed by atoms with Crippen LogP contribution < -0.4 is 5.73 Å². The van der Waals surface area contributed by atoms with Crippen LogP contribution in [0.5, 0.6) is 0 Å². The third-order valence-corrected chi connectivity index (χ3v) is 4.02. The lowest BCUT2D eigenvalue weighted by Gasteiger charge is -2.36. The van der Waals surface area contributed by atoms with Gasteiger partial charge in [0.15, 0.2) is 0 Å². The Hall–Kier alpha value is -0.510. The maximum atomic E-state index is 5.65. The topological polar surface area (TPSA) is 29.3 Å². The average Bonchev–Trinajstić information content (AvgIpc) is 2.17. The van der Waals surface area contributed by atoms with Crippen molar-refractivity contribution in [2.24, 2.45) is 5.73 Å². The Balaban J connectivity index is 1.93. The van der Waals surface area contributed by atoms with E-state index in [0.717, 1.165) is 25.7 Å². The number of benzene rings is 1. The van der Waals surface area contributed by atoms with Crippen molar-refractivity contribution in [3.63, 3.8) is 0 Å². The molecule has 0 saturated carbocycles. The number of nitrogens with two attached hydrogens (primary N) is 1. The lowest BCUT2D eigenvalue weighted by Crippen LogP contribution is -2.45. The maximum absolute atomic E-state index is 5.65. The number of thioether (sulfide) groups is 1. The molecule has 1 fully saturated rings. The highest BCUT2D eigenvalue weighted by atomic mass is 32.2. The van der Waals surface area contributed by atoms with Crippen molar-refractivity contribution in [1.82, 2.24) is 4.90 Å². The molecule has 0 aliphatic carbocycles. The second kappa shape index (κ2) is 5.54. The monoisotopic (exact) mass is 222 g/mol. The van der Waals surface area contributed by atoms with Crippen LogP contribution in [0.2, 0.25) is 0 Å². The third kappa shape index (κ3) is 2.97. The number of nitrogens with zero attached hydrogens (tertiary/aromatic N) is 1. The summed E-state index contributed by atoms with van der Waals surface area (Å²) in [6.07, 6.45) is 0. The Bertz CT molecular complexity index is 285. The van der Waals surface area contributed by atoms with E-state index in [2.05, 4.69) is 35.2 Å². The molecule has 1 aromatic carbocycles. The summed E-state index contributed by atoms with van der Waals surface area (Å²) in [6, 6.07) is 11.4. The highest BCUT2D eigenvalue weighted by Crippen LogP contribution is 2.24. The van der Waals surface area contributed by atoms with E-state index in [4.69, 9.17) is 5.73 Å². The second-order valence-corrected chi connectivity index (χ2v) is 5.01. The largest absolute Gasteiger partial charge is 0.329 e. The van der Waals surface area contributed by atoms with Gasteiger partial charge in [-0.05, 0) is 5.56 Å². The van der Waals surface area contributed by atoms with Crippen molar-refractivity contribution in [1.29, 1.82) is 0 Å². The van der Waals surface area contributed by atoms with E-state index in [0.29, 0.717) is 0 Å². The van der Waals surface area contributed by atoms with Crippen LogP contribution in [-0.2, 0) is 6.54 Å². The quantitative estimate of drug-likeness (QED) is 0.820. The first-order chi connectivity index (χ1) is 7.40. The van der Waals surface area contributed by atoms with Crippen LogP contribution >= 0.6 is 11.8 Å². The van der Waals surface area contributed by atoms with Gasteiger partial charge in [0.2, 0.25) is 0 Å². The predicted octanol–water partition coefficient (Wildman–Crippen LogP) is 1.56. The molecule has 2 N–H and O–H groups in total. The minimum Gasteiger partial charge on any atom is -0.329 e. The third-order valence-electron chi connectivity index (χ3n) is 2.78. The summed E-state index contributed by atoms with van der Waals surface area (Å²) in [5, 5.41) is 0. The molecule has 1 aromatic rings. The molecule has 1 aliphatic rings. The van der Waals surface area contributed by atoms with Gasteiger partial charge in [0.1, 0.15) is 0 Å². The van der Waals surface area contributed by atoms with Crippen molar-refractivity contribution in [3.05, 3.63) is 35.9 Å². The number of hydrogen-bond donors (Lipinski definition) is 1. The SMILES string of the molecule is NCCN(Cc1ccccc1)C1CSC1. The molecule has 15 heavy (non-hydrogen) atoms. The van der Waals surface area contributed by atoms with Gasteiger partial charge in [-0.2, -0.15) is 11.8 Å². The van der Waals surface area contributed by atoms with Gasteiger partial charge in [0, 0.05) is 37.2 Å². The van der Waals surface area contributed by atoms with E-state index < -0.39 is 0 Å². The molecule has 0 atom stereocenters. The lowest BCUT2D eigenvalue weighted by molar-refractivity contribution is 0.218. The van der Waals surface area contributed by atoms with Gasteiger partial charge >= 0.3 is 0 Å². The molecule has 82 valence electrons. The van der Waals surface area contributed by atoms with Crippen molar-refractivity contribution in [2.75, 3.05) is 24.6 Å². The summed E-state index contributed by atoms with van der Waals surface area (Å²) in [5.74, 6) is 2.54. The highest BCUT2D eigenvalue weighted by molar-refractivity contribution is 8.00. The second-order valence-electron chi connectivity index (χ2n) is 3.94. The van der Waals surface area contributed by atoms with E-state index >= 15 is 0 Å². The summed E-state index contributed by atoms with van der Waals surface area (Å²) in [6.45, 7) is 2.82.